The molecule has 1 amide bonds. The van der Waals surface area contributed by atoms with Crippen LogP contribution in [0, 0.1) is 6.92 Å². The zero-order valence-corrected chi connectivity index (χ0v) is 15.8. The molecule has 1 aromatic heterocycles. The van der Waals surface area contributed by atoms with E-state index < -0.39 is 22.8 Å². The smallest absolute Gasteiger partial charge is 0.335 e. The zero-order valence-electron chi connectivity index (χ0n) is 15.1. The van der Waals surface area contributed by atoms with Crippen molar-refractivity contribution in [2.45, 2.75) is 19.6 Å². The summed E-state index contributed by atoms with van der Waals surface area (Å²) in [6.45, 7) is 4.96. The van der Waals surface area contributed by atoms with Crippen molar-refractivity contribution >= 4 is 17.5 Å². The summed E-state index contributed by atoms with van der Waals surface area (Å²) in [6.07, 6.45) is -4.69. The number of benzene rings is 1. The van der Waals surface area contributed by atoms with Gasteiger partial charge < -0.3 is 4.90 Å². The van der Waals surface area contributed by atoms with Gasteiger partial charge in [0, 0.05) is 39.8 Å². The molecule has 2 aromatic rings. The Bertz CT molecular complexity index is 842. The second kappa shape index (κ2) is 7.52. The normalized spacial score (nSPS) is 16.0. The first-order valence-corrected chi connectivity index (χ1v) is 8.92. The molecular formula is C18H20ClF3N4O. The second-order valence-electron chi connectivity index (χ2n) is 6.63. The van der Waals surface area contributed by atoms with Crippen molar-refractivity contribution in [3.8, 4) is 0 Å². The third kappa shape index (κ3) is 4.11. The van der Waals surface area contributed by atoms with Gasteiger partial charge in [0.15, 0.2) is 5.69 Å². The number of aryl methyl sites for hydroxylation is 2. The molecular weight excluding hydrogens is 381 g/mol. The fourth-order valence-corrected chi connectivity index (χ4v) is 3.55. The first kappa shape index (κ1) is 19.7. The van der Waals surface area contributed by atoms with Crippen LogP contribution < -0.4 is 0 Å². The van der Waals surface area contributed by atoms with Crippen LogP contribution in [-0.2, 0) is 19.8 Å². The van der Waals surface area contributed by atoms with Gasteiger partial charge in [-0.3, -0.25) is 14.4 Å². The molecule has 2 heterocycles. The molecule has 0 unspecified atom stereocenters. The number of alkyl halides is 3. The van der Waals surface area contributed by atoms with Crippen molar-refractivity contribution in [2.75, 3.05) is 26.2 Å². The van der Waals surface area contributed by atoms with Crippen molar-refractivity contribution < 1.29 is 18.0 Å². The Morgan fingerprint density at radius 3 is 2.37 bits per heavy atom. The zero-order chi connectivity index (χ0) is 19.8. The molecule has 0 spiro atoms. The van der Waals surface area contributed by atoms with E-state index in [9.17, 15) is 18.0 Å². The largest absolute Gasteiger partial charge is 0.436 e. The third-order valence-corrected chi connectivity index (χ3v) is 5.13. The van der Waals surface area contributed by atoms with Gasteiger partial charge in [0.05, 0.1) is 0 Å². The second-order valence-corrected chi connectivity index (χ2v) is 7.01. The monoisotopic (exact) mass is 400 g/mol. The van der Waals surface area contributed by atoms with Crippen molar-refractivity contribution in [1.82, 2.24) is 19.6 Å². The van der Waals surface area contributed by atoms with E-state index in [1.165, 1.54) is 23.1 Å². The number of aromatic nitrogens is 2. The van der Waals surface area contributed by atoms with Gasteiger partial charge >= 0.3 is 6.18 Å². The van der Waals surface area contributed by atoms with E-state index in [1.54, 1.807) is 0 Å². The minimum absolute atomic E-state index is 0.226. The number of halogens is 4. The summed E-state index contributed by atoms with van der Waals surface area (Å²) in [5.41, 5.74) is 0.976. The number of nitrogens with zero attached hydrogens (tertiary/aromatic N) is 4. The van der Waals surface area contributed by atoms with Crippen LogP contribution in [0.5, 0.6) is 0 Å². The predicted molar refractivity (Wildman–Crippen MR) is 95.6 cm³/mol. The summed E-state index contributed by atoms with van der Waals surface area (Å²) in [5.74, 6) is -0.527. The van der Waals surface area contributed by atoms with Gasteiger partial charge in [-0.2, -0.15) is 18.3 Å². The number of hydrogen-bond acceptors (Lipinski definition) is 3. The maximum absolute atomic E-state index is 12.9. The van der Waals surface area contributed by atoms with E-state index in [0.717, 1.165) is 11.2 Å². The highest BCUT2D eigenvalue weighted by atomic mass is 35.5. The molecule has 0 aliphatic carbocycles. The molecule has 27 heavy (non-hydrogen) atoms. The predicted octanol–water partition coefficient (Wildman–Crippen LogP) is 3.36. The van der Waals surface area contributed by atoms with E-state index in [4.69, 9.17) is 11.6 Å². The Labute approximate surface area is 160 Å². The fourth-order valence-electron chi connectivity index (χ4n) is 3.20. The highest BCUT2D eigenvalue weighted by Crippen LogP contribution is 2.35. The topological polar surface area (TPSA) is 41.4 Å². The van der Waals surface area contributed by atoms with Gasteiger partial charge in [-0.15, -0.1) is 0 Å². The average Bonchev–Trinajstić information content (AvgIpc) is 2.92. The summed E-state index contributed by atoms with van der Waals surface area (Å²) >= 11 is 5.82. The Morgan fingerprint density at radius 2 is 1.81 bits per heavy atom. The van der Waals surface area contributed by atoms with Gasteiger partial charge in [-0.05, 0) is 18.1 Å². The highest BCUT2D eigenvalue weighted by molar-refractivity contribution is 6.34. The summed E-state index contributed by atoms with van der Waals surface area (Å²) < 4.78 is 39.7. The van der Waals surface area contributed by atoms with Crippen LogP contribution in [-0.4, -0.2) is 51.7 Å². The third-order valence-electron chi connectivity index (χ3n) is 4.78. The van der Waals surface area contributed by atoms with Gasteiger partial charge in [-0.25, -0.2) is 0 Å². The lowest BCUT2D eigenvalue weighted by Crippen LogP contribution is -2.48. The van der Waals surface area contributed by atoms with E-state index in [2.05, 4.69) is 29.1 Å². The summed E-state index contributed by atoms with van der Waals surface area (Å²) in [6, 6.07) is 8.10. The molecule has 1 fully saturated rings. The Kier molecular flexibility index (Phi) is 5.48. The SMILES string of the molecule is Cc1ccccc1CN1CCN(C(=O)c2c(Cl)c(C(F)(F)F)nn2C)CC1. The molecule has 0 bridgehead atoms. The van der Waals surface area contributed by atoms with Crippen LogP contribution in [0.4, 0.5) is 13.2 Å². The molecule has 1 aliphatic heterocycles. The van der Waals surface area contributed by atoms with Crippen molar-refractivity contribution in [1.29, 1.82) is 0 Å². The molecule has 3 rings (SSSR count). The highest BCUT2D eigenvalue weighted by Gasteiger charge is 2.40. The molecule has 1 saturated heterocycles. The minimum Gasteiger partial charge on any atom is -0.335 e. The molecule has 0 N–H and O–H groups in total. The van der Waals surface area contributed by atoms with Gasteiger partial charge in [0.1, 0.15) is 10.7 Å². The standard InChI is InChI=1S/C18H20ClF3N4O/c1-12-5-3-4-6-13(12)11-25-7-9-26(10-8-25)17(27)15-14(19)16(18(20,21)22)23-24(15)2/h3-6H,7-11H2,1-2H3. The Balaban J connectivity index is 1.67. The molecule has 9 heteroatoms. The molecule has 0 saturated carbocycles. The van der Waals surface area contributed by atoms with Crippen LogP contribution >= 0.6 is 11.6 Å². The lowest BCUT2D eigenvalue weighted by atomic mass is 10.1. The van der Waals surface area contributed by atoms with E-state index in [-0.39, 0.29) is 5.69 Å². The summed E-state index contributed by atoms with van der Waals surface area (Å²) in [5, 5.41) is 2.74. The number of amides is 1. The molecule has 1 aromatic carbocycles. The lowest BCUT2D eigenvalue weighted by molar-refractivity contribution is -0.141. The van der Waals surface area contributed by atoms with Crippen LogP contribution in [0.15, 0.2) is 24.3 Å². The number of piperazine rings is 1. The molecule has 1 aliphatic rings. The maximum Gasteiger partial charge on any atom is 0.436 e. The first-order valence-electron chi connectivity index (χ1n) is 8.54. The van der Waals surface area contributed by atoms with Crippen LogP contribution in [0.3, 0.4) is 0 Å². The van der Waals surface area contributed by atoms with Gasteiger partial charge in [0.2, 0.25) is 0 Å². The summed E-state index contributed by atoms with van der Waals surface area (Å²) in [7, 11) is 1.29. The van der Waals surface area contributed by atoms with Crippen molar-refractivity contribution in [2.24, 2.45) is 7.05 Å². The number of carbonyl (C=O) groups excluding carboxylic acids is 1. The van der Waals surface area contributed by atoms with Crippen LogP contribution in [0.1, 0.15) is 27.3 Å². The Morgan fingerprint density at radius 1 is 1.19 bits per heavy atom. The molecule has 5 nitrogen and oxygen atoms in total. The van der Waals surface area contributed by atoms with Gasteiger partial charge in [0.25, 0.3) is 5.91 Å². The number of rotatable bonds is 3. The van der Waals surface area contributed by atoms with E-state index in [0.29, 0.717) is 26.2 Å². The average molecular weight is 401 g/mol. The van der Waals surface area contributed by atoms with Crippen LogP contribution in [0.2, 0.25) is 5.02 Å². The maximum atomic E-state index is 12.9. The Hall–Kier alpha value is -2.06. The first-order chi connectivity index (χ1) is 12.7. The number of hydrogen-bond donors (Lipinski definition) is 0. The quantitative estimate of drug-likeness (QED) is 0.793. The van der Waals surface area contributed by atoms with E-state index >= 15 is 0 Å². The lowest BCUT2D eigenvalue weighted by Gasteiger charge is -2.35. The van der Waals surface area contributed by atoms with Crippen molar-refractivity contribution in [3.63, 3.8) is 0 Å². The van der Waals surface area contributed by atoms with Crippen molar-refractivity contribution in [3.05, 3.63) is 51.8 Å². The molecule has 146 valence electrons. The number of carbonyl (C=O) groups is 1. The van der Waals surface area contributed by atoms with Gasteiger partial charge in [-0.1, -0.05) is 35.9 Å². The molecule has 0 atom stereocenters. The van der Waals surface area contributed by atoms with Crippen LogP contribution in [0.25, 0.3) is 0 Å². The fraction of sp³-hybridized carbons (Fsp3) is 0.444. The molecule has 0 radical (unpaired) electrons. The minimum atomic E-state index is -4.69. The summed E-state index contributed by atoms with van der Waals surface area (Å²) in [4.78, 5) is 16.4. The van der Waals surface area contributed by atoms with E-state index in [1.807, 2.05) is 12.1 Å².